The summed E-state index contributed by atoms with van der Waals surface area (Å²) in [6.45, 7) is 0. The molecule has 0 unspecified atom stereocenters. The van der Waals surface area contributed by atoms with Crippen LogP contribution in [0.3, 0.4) is 0 Å². The topological polar surface area (TPSA) is 85.1 Å². The molecule has 3 N–H and O–H groups in total. The van der Waals surface area contributed by atoms with Crippen molar-refractivity contribution in [3.63, 3.8) is 0 Å². The van der Waals surface area contributed by atoms with E-state index in [1.54, 1.807) is 0 Å². The summed E-state index contributed by atoms with van der Waals surface area (Å²) in [5.74, 6) is 0. The lowest BCUT2D eigenvalue weighted by Crippen LogP contribution is -2.15. The maximum Gasteiger partial charge on any atom is 0.265 e. The van der Waals surface area contributed by atoms with Crippen LogP contribution in [0.25, 0.3) is 0 Å². The summed E-state index contributed by atoms with van der Waals surface area (Å²) >= 11 is 17.5. The molecule has 5 nitrogen and oxygen atoms in total. The highest BCUT2D eigenvalue weighted by Crippen LogP contribution is 2.33. The Balaban J connectivity index is 2.44. The summed E-state index contributed by atoms with van der Waals surface area (Å²) in [5.41, 5.74) is 5.79. The number of pyridine rings is 1. The summed E-state index contributed by atoms with van der Waals surface area (Å²) in [4.78, 5) is 3.58. The van der Waals surface area contributed by atoms with Gasteiger partial charge in [-0.25, -0.2) is 8.42 Å². The van der Waals surface area contributed by atoms with Gasteiger partial charge in [0.2, 0.25) is 0 Å². The zero-order valence-corrected chi connectivity index (χ0v) is 12.9. The van der Waals surface area contributed by atoms with Gasteiger partial charge >= 0.3 is 0 Å². The van der Waals surface area contributed by atoms with Crippen LogP contribution in [-0.2, 0) is 10.0 Å². The third-order valence-corrected chi connectivity index (χ3v) is 4.80. The van der Waals surface area contributed by atoms with Crippen LogP contribution in [0, 0.1) is 0 Å². The molecule has 0 bridgehead atoms. The predicted octanol–water partition coefficient (Wildman–Crippen LogP) is 3.42. The highest BCUT2D eigenvalue weighted by Gasteiger charge is 2.19. The van der Waals surface area contributed by atoms with E-state index >= 15 is 0 Å². The zero-order chi connectivity index (χ0) is 14.9. The summed E-state index contributed by atoms with van der Waals surface area (Å²) < 4.78 is 26.7. The van der Waals surface area contributed by atoms with Crippen molar-refractivity contribution in [2.45, 2.75) is 4.90 Å². The molecule has 20 heavy (non-hydrogen) atoms. The van der Waals surface area contributed by atoms with Crippen LogP contribution >= 0.6 is 34.8 Å². The number of nitrogens with two attached hydrogens (primary N) is 1. The van der Waals surface area contributed by atoms with E-state index in [1.165, 1.54) is 24.4 Å². The summed E-state index contributed by atoms with van der Waals surface area (Å²) in [6, 6.07) is 4.04. The van der Waals surface area contributed by atoms with E-state index in [4.69, 9.17) is 40.5 Å². The van der Waals surface area contributed by atoms with Crippen molar-refractivity contribution in [2.75, 3.05) is 10.5 Å². The zero-order valence-electron chi connectivity index (χ0n) is 9.77. The minimum Gasteiger partial charge on any atom is -0.398 e. The molecule has 0 aliphatic carbocycles. The number of nitrogen functional groups attached to an aromatic ring is 1. The molecule has 106 valence electrons. The number of halogens is 3. The van der Waals surface area contributed by atoms with Crippen LogP contribution in [0.2, 0.25) is 15.1 Å². The highest BCUT2D eigenvalue weighted by atomic mass is 35.5. The van der Waals surface area contributed by atoms with Crippen LogP contribution in [0.15, 0.2) is 35.5 Å². The lowest BCUT2D eigenvalue weighted by molar-refractivity contribution is 0.601. The molecule has 0 radical (unpaired) electrons. The van der Waals surface area contributed by atoms with E-state index in [2.05, 4.69) is 9.71 Å². The van der Waals surface area contributed by atoms with Crippen LogP contribution in [-0.4, -0.2) is 13.4 Å². The largest absolute Gasteiger partial charge is 0.398 e. The molecule has 0 aliphatic heterocycles. The Morgan fingerprint density at radius 3 is 2.40 bits per heavy atom. The Labute approximate surface area is 130 Å². The van der Waals surface area contributed by atoms with Crippen molar-refractivity contribution >= 4 is 56.2 Å². The van der Waals surface area contributed by atoms with Gasteiger partial charge in [-0.2, -0.15) is 0 Å². The number of nitrogens with one attached hydrogen (secondary N) is 1. The standard InChI is InChI=1S/C11H8Cl3N3O2S/c12-6-3-8(14)10(4-7(6)13)17-20(18,19)11-5-16-2-1-9(11)15/h1-5,17H,(H2,15,16). The fraction of sp³-hybridized carbons (Fsp3) is 0. The molecule has 0 fully saturated rings. The van der Waals surface area contributed by atoms with Crippen molar-refractivity contribution in [1.29, 1.82) is 0 Å². The lowest BCUT2D eigenvalue weighted by atomic mass is 10.3. The molecule has 1 heterocycles. The van der Waals surface area contributed by atoms with Gasteiger partial charge in [-0.05, 0) is 18.2 Å². The van der Waals surface area contributed by atoms with Crippen LogP contribution in [0.1, 0.15) is 0 Å². The number of hydrogen-bond donors (Lipinski definition) is 2. The van der Waals surface area contributed by atoms with E-state index in [1.807, 2.05) is 0 Å². The Kier molecular flexibility index (Phi) is 4.29. The molecule has 0 amide bonds. The smallest absolute Gasteiger partial charge is 0.265 e. The van der Waals surface area contributed by atoms with Crippen LogP contribution < -0.4 is 10.5 Å². The van der Waals surface area contributed by atoms with E-state index in [9.17, 15) is 8.42 Å². The monoisotopic (exact) mass is 351 g/mol. The molecule has 0 saturated carbocycles. The second-order valence-corrected chi connectivity index (χ2v) is 6.64. The Bertz CT molecular complexity index is 766. The van der Waals surface area contributed by atoms with E-state index in [0.717, 1.165) is 6.20 Å². The average molecular weight is 353 g/mol. The fourth-order valence-electron chi connectivity index (χ4n) is 1.42. The fourth-order valence-corrected chi connectivity index (χ4v) is 3.21. The number of benzene rings is 1. The number of nitrogens with zero attached hydrogens (tertiary/aromatic N) is 1. The molecule has 2 rings (SSSR count). The Morgan fingerprint density at radius 1 is 1.10 bits per heavy atom. The maximum atomic E-state index is 12.2. The quantitative estimate of drug-likeness (QED) is 0.829. The molecule has 1 aromatic carbocycles. The van der Waals surface area contributed by atoms with Gasteiger partial charge in [0.15, 0.2) is 0 Å². The minimum atomic E-state index is -3.92. The third kappa shape index (κ3) is 3.09. The molecule has 2 aromatic rings. The van der Waals surface area contributed by atoms with E-state index < -0.39 is 10.0 Å². The maximum absolute atomic E-state index is 12.2. The first-order valence-corrected chi connectivity index (χ1v) is 7.80. The van der Waals surface area contributed by atoms with Crippen molar-refractivity contribution in [2.24, 2.45) is 0 Å². The number of aromatic nitrogens is 1. The minimum absolute atomic E-state index is 0.0729. The predicted molar refractivity (Wildman–Crippen MR) is 80.9 cm³/mol. The molecule has 1 aromatic heterocycles. The van der Waals surface area contributed by atoms with Crippen LogP contribution in [0.4, 0.5) is 11.4 Å². The first-order chi connectivity index (χ1) is 9.31. The number of anilines is 2. The van der Waals surface area contributed by atoms with Gasteiger partial charge in [0.1, 0.15) is 4.90 Å². The molecule has 9 heteroatoms. The molecule has 0 aliphatic rings. The van der Waals surface area contributed by atoms with Gasteiger partial charge in [0.05, 0.1) is 26.4 Å². The van der Waals surface area contributed by atoms with Gasteiger partial charge in [0, 0.05) is 12.4 Å². The van der Waals surface area contributed by atoms with Crippen molar-refractivity contribution in [3.8, 4) is 0 Å². The average Bonchev–Trinajstić information content (AvgIpc) is 2.36. The van der Waals surface area contributed by atoms with Gasteiger partial charge in [-0.15, -0.1) is 0 Å². The SMILES string of the molecule is Nc1ccncc1S(=O)(=O)Nc1cc(Cl)c(Cl)cc1Cl. The number of rotatable bonds is 3. The van der Waals surface area contributed by atoms with Crippen molar-refractivity contribution < 1.29 is 8.42 Å². The van der Waals surface area contributed by atoms with Gasteiger partial charge in [-0.3, -0.25) is 9.71 Å². The molecule has 0 saturated heterocycles. The van der Waals surface area contributed by atoms with Gasteiger partial charge < -0.3 is 5.73 Å². The highest BCUT2D eigenvalue weighted by molar-refractivity contribution is 7.92. The van der Waals surface area contributed by atoms with Crippen LogP contribution in [0.5, 0.6) is 0 Å². The van der Waals surface area contributed by atoms with E-state index in [0.29, 0.717) is 0 Å². The third-order valence-electron chi connectivity index (χ3n) is 2.36. The first kappa shape index (κ1) is 15.2. The van der Waals surface area contributed by atoms with Crippen molar-refractivity contribution in [3.05, 3.63) is 45.7 Å². The molecule has 0 atom stereocenters. The normalized spacial score (nSPS) is 11.3. The molecular formula is C11H8Cl3N3O2S. The number of sulfonamides is 1. The summed E-state index contributed by atoms with van der Waals surface area (Å²) in [7, 11) is -3.92. The second-order valence-electron chi connectivity index (χ2n) is 3.77. The van der Waals surface area contributed by atoms with Gasteiger partial charge in [-0.1, -0.05) is 34.8 Å². The second kappa shape index (κ2) is 5.65. The summed E-state index contributed by atoms with van der Waals surface area (Å²) in [6.07, 6.45) is 2.53. The lowest BCUT2D eigenvalue weighted by Gasteiger charge is -2.11. The van der Waals surface area contributed by atoms with E-state index in [-0.39, 0.29) is 31.3 Å². The molecule has 0 spiro atoms. The summed E-state index contributed by atoms with van der Waals surface area (Å²) in [5, 5.41) is 0.513. The number of hydrogen-bond acceptors (Lipinski definition) is 4. The Morgan fingerprint density at radius 2 is 1.75 bits per heavy atom. The molecular weight excluding hydrogens is 345 g/mol. The van der Waals surface area contributed by atoms with Gasteiger partial charge in [0.25, 0.3) is 10.0 Å². The first-order valence-electron chi connectivity index (χ1n) is 5.18. The van der Waals surface area contributed by atoms with Crippen molar-refractivity contribution in [1.82, 2.24) is 4.98 Å². The Hall–Kier alpha value is -1.21.